The van der Waals surface area contributed by atoms with E-state index in [4.69, 9.17) is 17.4 Å². The van der Waals surface area contributed by atoms with Crippen molar-refractivity contribution in [2.45, 2.75) is 25.9 Å². The largest absolute Gasteiger partial charge is 0.335 e. The van der Waals surface area contributed by atoms with E-state index in [1.165, 1.54) is 22.0 Å². The molecule has 164 valence electrons. The number of hydrogen-bond donors (Lipinski definition) is 2. The standard InChI is InChI=1S/C22H22ClN7OS/c1-13-7-9-18(10-8-13)30-15(3)20(14(2)28-30)25-19(31)12-32-22-27-26-21(29(22)24)16-5-4-6-17(23)11-16/h4-11H,12,24H2,1-3H3,(H,25,31). The van der Waals surface area contributed by atoms with Gasteiger partial charge >= 0.3 is 0 Å². The molecule has 0 aliphatic carbocycles. The lowest BCUT2D eigenvalue weighted by Gasteiger charge is -2.08. The molecule has 2 heterocycles. The maximum atomic E-state index is 12.6. The summed E-state index contributed by atoms with van der Waals surface area (Å²) in [6.45, 7) is 5.83. The van der Waals surface area contributed by atoms with Gasteiger partial charge < -0.3 is 11.2 Å². The number of rotatable bonds is 6. The molecule has 10 heteroatoms. The van der Waals surface area contributed by atoms with Crippen molar-refractivity contribution >= 4 is 35.0 Å². The molecule has 0 atom stereocenters. The fraction of sp³-hybridized carbons (Fsp3) is 0.182. The Morgan fingerprint density at radius 2 is 1.88 bits per heavy atom. The predicted molar refractivity (Wildman–Crippen MR) is 128 cm³/mol. The Kier molecular flexibility index (Phi) is 6.20. The molecule has 0 radical (unpaired) electrons. The molecule has 0 saturated heterocycles. The zero-order valence-electron chi connectivity index (χ0n) is 17.8. The molecule has 0 spiro atoms. The monoisotopic (exact) mass is 467 g/mol. The number of anilines is 1. The summed E-state index contributed by atoms with van der Waals surface area (Å²) in [6.07, 6.45) is 0. The van der Waals surface area contributed by atoms with Gasteiger partial charge in [-0.2, -0.15) is 5.10 Å². The smallest absolute Gasteiger partial charge is 0.234 e. The molecule has 32 heavy (non-hydrogen) atoms. The fourth-order valence-electron chi connectivity index (χ4n) is 3.27. The topological polar surface area (TPSA) is 104 Å². The number of aryl methyl sites for hydroxylation is 2. The average molecular weight is 468 g/mol. The molecule has 2 aromatic carbocycles. The number of thioether (sulfide) groups is 1. The van der Waals surface area contributed by atoms with E-state index in [-0.39, 0.29) is 11.7 Å². The van der Waals surface area contributed by atoms with E-state index in [2.05, 4.69) is 20.6 Å². The number of carbonyl (C=O) groups is 1. The van der Waals surface area contributed by atoms with Crippen LogP contribution in [0.25, 0.3) is 17.1 Å². The summed E-state index contributed by atoms with van der Waals surface area (Å²) in [6, 6.07) is 15.2. The van der Waals surface area contributed by atoms with Crippen LogP contribution in [-0.2, 0) is 4.79 Å². The minimum absolute atomic E-state index is 0.124. The van der Waals surface area contributed by atoms with E-state index in [1.807, 2.05) is 61.9 Å². The molecule has 0 bridgehead atoms. The highest BCUT2D eigenvalue weighted by Gasteiger charge is 2.17. The molecule has 0 aliphatic rings. The summed E-state index contributed by atoms with van der Waals surface area (Å²) in [5.41, 5.74) is 5.16. The number of benzene rings is 2. The second kappa shape index (κ2) is 9.05. The van der Waals surface area contributed by atoms with E-state index in [0.29, 0.717) is 21.7 Å². The van der Waals surface area contributed by atoms with Gasteiger partial charge in [-0.15, -0.1) is 10.2 Å². The van der Waals surface area contributed by atoms with Crippen LogP contribution in [0.3, 0.4) is 0 Å². The maximum Gasteiger partial charge on any atom is 0.234 e. The number of halogens is 1. The molecule has 0 saturated carbocycles. The normalized spacial score (nSPS) is 11.0. The number of amides is 1. The van der Waals surface area contributed by atoms with Gasteiger partial charge in [-0.3, -0.25) is 4.79 Å². The van der Waals surface area contributed by atoms with Crippen LogP contribution in [0, 0.1) is 20.8 Å². The Labute approximate surface area is 194 Å². The maximum absolute atomic E-state index is 12.6. The molecular weight excluding hydrogens is 446 g/mol. The molecule has 8 nitrogen and oxygen atoms in total. The van der Waals surface area contributed by atoms with E-state index in [9.17, 15) is 4.79 Å². The Hall–Kier alpha value is -3.30. The summed E-state index contributed by atoms with van der Waals surface area (Å²) in [7, 11) is 0. The van der Waals surface area contributed by atoms with Crippen molar-refractivity contribution in [2.75, 3.05) is 16.9 Å². The third-order valence-corrected chi connectivity index (χ3v) is 6.09. The Bertz CT molecular complexity index is 1280. The predicted octanol–water partition coefficient (Wildman–Crippen LogP) is 4.15. The van der Waals surface area contributed by atoms with Crippen molar-refractivity contribution < 1.29 is 4.79 Å². The van der Waals surface area contributed by atoms with Crippen LogP contribution in [0.1, 0.15) is 17.0 Å². The summed E-state index contributed by atoms with van der Waals surface area (Å²) in [5, 5.41) is 16.8. The minimum Gasteiger partial charge on any atom is -0.335 e. The molecule has 0 aliphatic heterocycles. The number of carbonyl (C=O) groups excluding carboxylic acids is 1. The van der Waals surface area contributed by atoms with Crippen LogP contribution < -0.4 is 11.2 Å². The third kappa shape index (κ3) is 4.49. The number of nitrogens with one attached hydrogen (secondary N) is 1. The number of aromatic nitrogens is 5. The van der Waals surface area contributed by atoms with Gasteiger partial charge in [0.25, 0.3) is 0 Å². The summed E-state index contributed by atoms with van der Waals surface area (Å²) in [4.78, 5) is 12.6. The van der Waals surface area contributed by atoms with E-state index in [0.717, 1.165) is 22.6 Å². The first kappa shape index (κ1) is 21.9. The van der Waals surface area contributed by atoms with Crippen LogP contribution in [0.15, 0.2) is 53.7 Å². The second-order valence-electron chi connectivity index (χ2n) is 7.32. The van der Waals surface area contributed by atoms with Crippen molar-refractivity contribution in [3.63, 3.8) is 0 Å². The Morgan fingerprint density at radius 1 is 1.12 bits per heavy atom. The quantitative estimate of drug-likeness (QED) is 0.326. The van der Waals surface area contributed by atoms with Crippen LogP contribution in [-0.4, -0.2) is 36.3 Å². The minimum atomic E-state index is -0.183. The van der Waals surface area contributed by atoms with Crippen molar-refractivity contribution in [3.8, 4) is 17.1 Å². The molecule has 4 aromatic rings. The highest BCUT2D eigenvalue weighted by Crippen LogP contribution is 2.26. The lowest BCUT2D eigenvalue weighted by atomic mass is 10.2. The van der Waals surface area contributed by atoms with Gasteiger partial charge in [0.15, 0.2) is 5.82 Å². The van der Waals surface area contributed by atoms with Crippen LogP contribution in [0.5, 0.6) is 0 Å². The zero-order chi connectivity index (χ0) is 22.8. The first-order valence-corrected chi connectivity index (χ1v) is 11.2. The SMILES string of the molecule is Cc1ccc(-n2nc(C)c(NC(=O)CSc3nnc(-c4cccc(Cl)c4)n3N)c2C)cc1. The Balaban J connectivity index is 1.45. The molecule has 0 unspecified atom stereocenters. The number of hydrogen-bond acceptors (Lipinski definition) is 6. The molecular formula is C22H22ClN7OS. The molecule has 3 N–H and O–H groups in total. The molecule has 1 amide bonds. The van der Waals surface area contributed by atoms with E-state index in [1.54, 1.807) is 12.1 Å². The molecule has 2 aromatic heterocycles. The number of nitrogens with zero attached hydrogens (tertiary/aromatic N) is 5. The van der Waals surface area contributed by atoms with Crippen molar-refractivity contribution in [3.05, 3.63) is 70.5 Å². The lowest BCUT2D eigenvalue weighted by Crippen LogP contribution is -2.17. The van der Waals surface area contributed by atoms with Gasteiger partial charge in [0, 0.05) is 10.6 Å². The van der Waals surface area contributed by atoms with Gasteiger partial charge in [0.1, 0.15) is 0 Å². The van der Waals surface area contributed by atoms with Crippen LogP contribution in [0.2, 0.25) is 5.02 Å². The van der Waals surface area contributed by atoms with Gasteiger partial charge in [-0.25, -0.2) is 9.36 Å². The first-order valence-electron chi connectivity index (χ1n) is 9.86. The number of nitrogens with two attached hydrogens (primary N) is 1. The Morgan fingerprint density at radius 3 is 2.59 bits per heavy atom. The van der Waals surface area contributed by atoms with Crippen LogP contribution >= 0.6 is 23.4 Å². The molecule has 0 fully saturated rings. The van der Waals surface area contributed by atoms with Crippen molar-refractivity contribution in [2.24, 2.45) is 0 Å². The summed E-state index contributed by atoms with van der Waals surface area (Å²) >= 11 is 7.25. The van der Waals surface area contributed by atoms with E-state index < -0.39 is 0 Å². The van der Waals surface area contributed by atoms with Gasteiger partial charge in [-0.05, 0) is 45.0 Å². The van der Waals surface area contributed by atoms with Crippen LogP contribution in [0.4, 0.5) is 5.69 Å². The lowest BCUT2D eigenvalue weighted by molar-refractivity contribution is -0.113. The summed E-state index contributed by atoms with van der Waals surface area (Å²) in [5.74, 6) is 6.55. The number of nitrogen functional groups attached to an aromatic ring is 1. The van der Waals surface area contributed by atoms with E-state index >= 15 is 0 Å². The van der Waals surface area contributed by atoms with Crippen molar-refractivity contribution in [1.29, 1.82) is 0 Å². The first-order chi connectivity index (χ1) is 15.3. The van der Waals surface area contributed by atoms with Gasteiger partial charge in [0.2, 0.25) is 11.1 Å². The zero-order valence-corrected chi connectivity index (χ0v) is 19.4. The average Bonchev–Trinajstić information content (AvgIpc) is 3.27. The highest BCUT2D eigenvalue weighted by atomic mass is 35.5. The second-order valence-corrected chi connectivity index (χ2v) is 8.70. The van der Waals surface area contributed by atoms with Gasteiger partial charge in [-0.1, -0.05) is 53.2 Å². The molecule has 4 rings (SSSR count). The third-order valence-electron chi connectivity index (χ3n) is 4.91. The van der Waals surface area contributed by atoms with Crippen molar-refractivity contribution in [1.82, 2.24) is 24.7 Å². The van der Waals surface area contributed by atoms with Gasteiger partial charge in [0.05, 0.1) is 28.5 Å². The highest BCUT2D eigenvalue weighted by molar-refractivity contribution is 7.99. The fourth-order valence-corrected chi connectivity index (χ4v) is 4.11. The summed E-state index contributed by atoms with van der Waals surface area (Å²) < 4.78 is 3.18.